The molecule has 3 nitrogen and oxygen atoms in total. The first-order valence-corrected chi connectivity index (χ1v) is 6.88. The van der Waals surface area contributed by atoms with Crippen molar-refractivity contribution in [1.82, 2.24) is 4.98 Å². The maximum absolute atomic E-state index is 11.9. The molecule has 0 unspecified atom stereocenters. The molecule has 1 N–H and O–H groups in total. The van der Waals surface area contributed by atoms with Crippen LogP contribution in [-0.4, -0.2) is 10.9 Å². The van der Waals surface area contributed by atoms with E-state index < -0.39 is 0 Å². The van der Waals surface area contributed by atoms with Crippen LogP contribution in [0.5, 0.6) is 0 Å². The van der Waals surface area contributed by atoms with Gasteiger partial charge in [0.1, 0.15) is 4.60 Å². The molecular formula is C14H12BrClN2O. The van der Waals surface area contributed by atoms with Crippen molar-refractivity contribution in [2.75, 3.05) is 5.32 Å². The topological polar surface area (TPSA) is 42.0 Å². The molecule has 0 aliphatic heterocycles. The van der Waals surface area contributed by atoms with Crippen molar-refractivity contribution in [2.24, 2.45) is 0 Å². The van der Waals surface area contributed by atoms with Crippen LogP contribution in [0.1, 0.15) is 11.1 Å². The first-order chi connectivity index (χ1) is 9.04. The van der Waals surface area contributed by atoms with Crippen LogP contribution in [0.25, 0.3) is 0 Å². The Bertz CT molecular complexity index is 616. The molecule has 2 rings (SSSR count). The smallest absolute Gasteiger partial charge is 0.228 e. The lowest BCUT2D eigenvalue weighted by molar-refractivity contribution is -0.115. The zero-order valence-electron chi connectivity index (χ0n) is 10.3. The van der Waals surface area contributed by atoms with Gasteiger partial charge in [-0.05, 0) is 52.2 Å². The summed E-state index contributed by atoms with van der Waals surface area (Å²) < 4.78 is 0.778. The second kappa shape index (κ2) is 6.17. The minimum absolute atomic E-state index is 0.0919. The van der Waals surface area contributed by atoms with Crippen molar-refractivity contribution in [3.63, 3.8) is 0 Å². The van der Waals surface area contributed by atoms with Gasteiger partial charge >= 0.3 is 0 Å². The highest BCUT2D eigenvalue weighted by molar-refractivity contribution is 9.10. The highest BCUT2D eigenvalue weighted by Crippen LogP contribution is 2.17. The van der Waals surface area contributed by atoms with Gasteiger partial charge in [0.15, 0.2) is 0 Å². The Balaban J connectivity index is 2.03. The molecule has 0 atom stereocenters. The van der Waals surface area contributed by atoms with Gasteiger partial charge in [0, 0.05) is 5.02 Å². The van der Waals surface area contributed by atoms with Crippen LogP contribution in [-0.2, 0) is 11.2 Å². The summed E-state index contributed by atoms with van der Waals surface area (Å²) in [5.41, 5.74) is 2.54. The molecule has 5 heteroatoms. The number of aryl methyl sites for hydroxylation is 1. The number of nitrogens with zero attached hydrogens (tertiary/aromatic N) is 1. The van der Waals surface area contributed by atoms with Gasteiger partial charge < -0.3 is 5.32 Å². The van der Waals surface area contributed by atoms with Crippen molar-refractivity contribution >= 4 is 39.1 Å². The Hall–Kier alpha value is -1.39. The Morgan fingerprint density at radius 2 is 2.21 bits per heavy atom. The van der Waals surface area contributed by atoms with Gasteiger partial charge in [-0.2, -0.15) is 0 Å². The molecule has 0 spiro atoms. The number of carbonyl (C=O) groups is 1. The van der Waals surface area contributed by atoms with Gasteiger partial charge in [-0.15, -0.1) is 0 Å². The van der Waals surface area contributed by atoms with E-state index >= 15 is 0 Å². The summed E-state index contributed by atoms with van der Waals surface area (Å²) in [5.74, 6) is -0.0919. The summed E-state index contributed by atoms with van der Waals surface area (Å²) in [5, 5.41) is 3.44. The molecule has 0 fully saturated rings. The average molecular weight is 340 g/mol. The van der Waals surface area contributed by atoms with Crippen LogP contribution in [0, 0.1) is 6.92 Å². The quantitative estimate of drug-likeness (QED) is 0.859. The molecule has 0 aliphatic rings. The molecule has 1 amide bonds. The Morgan fingerprint density at radius 1 is 1.42 bits per heavy atom. The van der Waals surface area contributed by atoms with Crippen molar-refractivity contribution in [3.05, 3.63) is 57.3 Å². The number of benzene rings is 1. The van der Waals surface area contributed by atoms with E-state index in [-0.39, 0.29) is 12.3 Å². The molecule has 0 aliphatic carbocycles. The summed E-state index contributed by atoms with van der Waals surface area (Å²) >= 11 is 9.20. The molecular weight excluding hydrogens is 328 g/mol. The summed E-state index contributed by atoms with van der Waals surface area (Å²) in [7, 11) is 0. The number of hydrogen-bond acceptors (Lipinski definition) is 2. The molecule has 0 saturated heterocycles. The average Bonchev–Trinajstić information content (AvgIpc) is 2.34. The van der Waals surface area contributed by atoms with Gasteiger partial charge in [0.25, 0.3) is 0 Å². The third kappa shape index (κ3) is 4.04. The SMILES string of the molecule is Cc1cc(NC(=O)Cc2cccc(Cl)c2)cnc1Br. The van der Waals surface area contributed by atoms with E-state index in [0.29, 0.717) is 10.7 Å². The number of halogens is 2. The number of hydrogen-bond donors (Lipinski definition) is 1. The van der Waals surface area contributed by atoms with Crippen LogP contribution >= 0.6 is 27.5 Å². The number of pyridine rings is 1. The van der Waals surface area contributed by atoms with E-state index in [1.165, 1.54) is 0 Å². The molecule has 0 radical (unpaired) electrons. The second-order valence-electron chi connectivity index (χ2n) is 4.19. The summed E-state index contributed by atoms with van der Waals surface area (Å²) in [4.78, 5) is 16.0. The molecule has 1 aromatic heterocycles. The fourth-order valence-electron chi connectivity index (χ4n) is 1.66. The van der Waals surface area contributed by atoms with E-state index in [1.807, 2.05) is 25.1 Å². The predicted molar refractivity (Wildman–Crippen MR) is 80.5 cm³/mol. The molecule has 2 aromatic rings. The van der Waals surface area contributed by atoms with Gasteiger partial charge in [0.05, 0.1) is 18.3 Å². The normalized spacial score (nSPS) is 10.3. The summed E-state index contributed by atoms with van der Waals surface area (Å²) in [6, 6.07) is 9.14. The maximum atomic E-state index is 11.9. The number of carbonyl (C=O) groups excluding carboxylic acids is 1. The van der Waals surface area contributed by atoms with E-state index in [9.17, 15) is 4.79 Å². The number of amides is 1. The van der Waals surface area contributed by atoms with Gasteiger partial charge in [0.2, 0.25) is 5.91 Å². The zero-order chi connectivity index (χ0) is 13.8. The molecule has 1 aromatic carbocycles. The number of aromatic nitrogens is 1. The number of rotatable bonds is 3. The fraction of sp³-hybridized carbons (Fsp3) is 0.143. The van der Waals surface area contributed by atoms with Crippen molar-refractivity contribution in [3.8, 4) is 0 Å². The van der Waals surface area contributed by atoms with Crippen LogP contribution in [0.15, 0.2) is 41.1 Å². The van der Waals surface area contributed by atoms with Crippen LogP contribution in [0.3, 0.4) is 0 Å². The van der Waals surface area contributed by atoms with E-state index in [1.54, 1.807) is 18.3 Å². The number of nitrogens with one attached hydrogen (secondary N) is 1. The van der Waals surface area contributed by atoms with Crippen LogP contribution < -0.4 is 5.32 Å². The van der Waals surface area contributed by atoms with Gasteiger partial charge in [-0.25, -0.2) is 4.98 Å². The van der Waals surface area contributed by atoms with Gasteiger partial charge in [-0.1, -0.05) is 23.7 Å². The molecule has 0 bridgehead atoms. The first-order valence-electron chi connectivity index (χ1n) is 5.71. The van der Waals surface area contributed by atoms with Crippen molar-refractivity contribution in [2.45, 2.75) is 13.3 Å². The number of anilines is 1. The largest absolute Gasteiger partial charge is 0.324 e. The van der Waals surface area contributed by atoms with E-state index in [4.69, 9.17) is 11.6 Å². The van der Waals surface area contributed by atoms with Crippen molar-refractivity contribution < 1.29 is 4.79 Å². The molecule has 98 valence electrons. The third-order valence-electron chi connectivity index (χ3n) is 2.55. The summed E-state index contributed by atoms with van der Waals surface area (Å²) in [6.07, 6.45) is 1.91. The van der Waals surface area contributed by atoms with E-state index in [2.05, 4.69) is 26.2 Å². The minimum atomic E-state index is -0.0919. The second-order valence-corrected chi connectivity index (χ2v) is 5.37. The van der Waals surface area contributed by atoms with Crippen LogP contribution in [0.2, 0.25) is 5.02 Å². The third-order valence-corrected chi connectivity index (χ3v) is 3.62. The monoisotopic (exact) mass is 338 g/mol. The molecule has 1 heterocycles. The van der Waals surface area contributed by atoms with E-state index in [0.717, 1.165) is 15.7 Å². The first kappa shape index (κ1) is 14.0. The Labute approximate surface area is 125 Å². The lowest BCUT2D eigenvalue weighted by atomic mass is 10.1. The Morgan fingerprint density at radius 3 is 2.89 bits per heavy atom. The fourth-order valence-corrected chi connectivity index (χ4v) is 2.09. The van der Waals surface area contributed by atoms with Crippen molar-refractivity contribution in [1.29, 1.82) is 0 Å². The zero-order valence-corrected chi connectivity index (χ0v) is 12.6. The predicted octanol–water partition coefficient (Wildman–Crippen LogP) is 3.99. The van der Waals surface area contributed by atoms with Crippen LogP contribution in [0.4, 0.5) is 5.69 Å². The standard InChI is InChI=1S/C14H12BrClN2O/c1-9-5-12(8-17-14(9)15)18-13(19)7-10-3-2-4-11(16)6-10/h2-6,8H,7H2,1H3,(H,18,19). The highest BCUT2D eigenvalue weighted by atomic mass is 79.9. The minimum Gasteiger partial charge on any atom is -0.324 e. The lowest BCUT2D eigenvalue weighted by Crippen LogP contribution is -2.14. The maximum Gasteiger partial charge on any atom is 0.228 e. The summed E-state index contributed by atoms with van der Waals surface area (Å²) in [6.45, 7) is 1.92. The Kier molecular flexibility index (Phi) is 4.56. The lowest BCUT2D eigenvalue weighted by Gasteiger charge is -2.06. The molecule has 19 heavy (non-hydrogen) atoms. The van der Waals surface area contributed by atoms with Gasteiger partial charge in [-0.3, -0.25) is 4.79 Å². The molecule has 0 saturated carbocycles. The highest BCUT2D eigenvalue weighted by Gasteiger charge is 2.06.